The second-order valence-electron chi connectivity index (χ2n) is 11.4. The number of aromatic nitrogens is 2. The largest absolute Gasteiger partial charge is 0.501 e. The van der Waals surface area contributed by atoms with E-state index >= 15 is 0 Å². The topological polar surface area (TPSA) is 38.9 Å². The van der Waals surface area contributed by atoms with E-state index in [0.717, 1.165) is 50.0 Å². The SMILES string of the molecule is Cc1cc(-c2[c-]cccc2)ncc1[Si](C)(C)C.[Ir].[c-]1ccc2c(oc3cc(-c4ccccc4)ccc32)c1-c1ccccn1. The van der Waals surface area contributed by atoms with Crippen molar-refractivity contribution in [1.82, 2.24) is 9.97 Å². The van der Waals surface area contributed by atoms with E-state index < -0.39 is 8.07 Å². The first-order valence-corrected chi connectivity index (χ1v) is 17.7. The number of aryl methyl sites for hydroxylation is 1. The van der Waals surface area contributed by atoms with Crippen LogP contribution in [0.5, 0.6) is 0 Å². The Balaban J connectivity index is 0.000000180. The van der Waals surface area contributed by atoms with E-state index in [1.807, 2.05) is 60.7 Å². The molecule has 215 valence electrons. The van der Waals surface area contributed by atoms with Gasteiger partial charge in [0.25, 0.3) is 0 Å². The number of pyridine rings is 2. The summed E-state index contributed by atoms with van der Waals surface area (Å²) >= 11 is 0. The number of benzene rings is 4. The molecule has 0 aliphatic carbocycles. The monoisotopic (exact) mass is 753 g/mol. The van der Waals surface area contributed by atoms with Crippen LogP contribution in [-0.4, -0.2) is 18.0 Å². The first kappa shape index (κ1) is 30.3. The van der Waals surface area contributed by atoms with Gasteiger partial charge in [0.2, 0.25) is 0 Å². The van der Waals surface area contributed by atoms with Crippen molar-refractivity contribution in [3.05, 3.63) is 139 Å². The van der Waals surface area contributed by atoms with Crippen LogP contribution >= 0.6 is 0 Å². The Morgan fingerprint density at radius 3 is 2.16 bits per heavy atom. The van der Waals surface area contributed by atoms with Crippen molar-refractivity contribution >= 4 is 35.2 Å². The summed E-state index contributed by atoms with van der Waals surface area (Å²) in [5, 5.41) is 3.65. The van der Waals surface area contributed by atoms with Gasteiger partial charge in [0.05, 0.1) is 13.7 Å². The molecule has 0 saturated heterocycles. The van der Waals surface area contributed by atoms with E-state index in [0.29, 0.717) is 0 Å². The molecular formula is C38H32IrN2OSi-2. The van der Waals surface area contributed by atoms with E-state index in [-0.39, 0.29) is 20.1 Å². The van der Waals surface area contributed by atoms with Crippen molar-refractivity contribution in [2.75, 3.05) is 0 Å². The summed E-state index contributed by atoms with van der Waals surface area (Å²) in [4.78, 5) is 9.02. The molecule has 0 amide bonds. The normalized spacial score (nSPS) is 11.1. The number of furan rings is 1. The van der Waals surface area contributed by atoms with Crippen molar-refractivity contribution in [2.24, 2.45) is 0 Å². The third-order valence-corrected chi connectivity index (χ3v) is 9.50. The maximum Gasteiger partial charge on any atom is 0.121 e. The fraction of sp³-hybridized carbons (Fsp3) is 0.105. The molecule has 7 rings (SSSR count). The Bertz CT molecular complexity index is 1970. The van der Waals surface area contributed by atoms with Gasteiger partial charge >= 0.3 is 0 Å². The molecule has 0 unspecified atom stereocenters. The van der Waals surface area contributed by atoms with Crippen LogP contribution in [0.15, 0.2) is 126 Å². The molecule has 0 bridgehead atoms. The van der Waals surface area contributed by atoms with Gasteiger partial charge in [0, 0.05) is 37.9 Å². The van der Waals surface area contributed by atoms with Crippen LogP contribution in [0.4, 0.5) is 0 Å². The van der Waals surface area contributed by atoms with Gasteiger partial charge in [-0.05, 0) is 46.8 Å². The van der Waals surface area contributed by atoms with Crippen LogP contribution in [-0.2, 0) is 20.1 Å². The van der Waals surface area contributed by atoms with E-state index in [9.17, 15) is 0 Å². The third kappa shape index (κ3) is 6.60. The maximum absolute atomic E-state index is 6.23. The number of fused-ring (bicyclic) bond motifs is 3. The van der Waals surface area contributed by atoms with E-state index in [2.05, 4.69) is 103 Å². The first-order valence-electron chi connectivity index (χ1n) is 14.2. The van der Waals surface area contributed by atoms with Gasteiger partial charge in [-0.2, -0.15) is 0 Å². The molecule has 0 fully saturated rings. The summed E-state index contributed by atoms with van der Waals surface area (Å²) in [5.41, 5.74) is 9.26. The minimum atomic E-state index is -1.27. The molecule has 43 heavy (non-hydrogen) atoms. The first-order chi connectivity index (χ1) is 20.4. The fourth-order valence-corrected chi connectivity index (χ4v) is 7.00. The summed E-state index contributed by atoms with van der Waals surface area (Å²) in [5.74, 6) is 0. The fourth-order valence-electron chi connectivity index (χ4n) is 5.29. The van der Waals surface area contributed by atoms with Crippen molar-refractivity contribution in [2.45, 2.75) is 26.6 Å². The molecule has 0 aliphatic heterocycles. The van der Waals surface area contributed by atoms with Crippen LogP contribution in [0.2, 0.25) is 19.6 Å². The van der Waals surface area contributed by atoms with Gasteiger partial charge < -0.3 is 14.4 Å². The predicted octanol–water partition coefficient (Wildman–Crippen LogP) is 9.52. The molecule has 3 nitrogen and oxygen atoms in total. The zero-order chi connectivity index (χ0) is 29.1. The summed E-state index contributed by atoms with van der Waals surface area (Å²) < 4.78 is 6.23. The molecule has 4 aromatic carbocycles. The summed E-state index contributed by atoms with van der Waals surface area (Å²) in [6.07, 6.45) is 3.84. The van der Waals surface area contributed by atoms with Gasteiger partial charge in [-0.15, -0.1) is 54.1 Å². The van der Waals surface area contributed by atoms with Gasteiger partial charge in [-0.3, -0.25) is 0 Å². The van der Waals surface area contributed by atoms with Gasteiger partial charge in [-0.1, -0.05) is 96.8 Å². The van der Waals surface area contributed by atoms with Gasteiger partial charge in [0.1, 0.15) is 5.58 Å². The molecule has 5 heteroatoms. The van der Waals surface area contributed by atoms with Crippen molar-refractivity contribution < 1.29 is 24.5 Å². The summed E-state index contributed by atoms with van der Waals surface area (Å²) in [7, 11) is -1.27. The second kappa shape index (κ2) is 13.0. The van der Waals surface area contributed by atoms with Crippen LogP contribution in [0.3, 0.4) is 0 Å². The Morgan fingerprint density at radius 2 is 1.47 bits per heavy atom. The van der Waals surface area contributed by atoms with Gasteiger partial charge in [0.15, 0.2) is 0 Å². The average molecular weight is 753 g/mol. The minimum absolute atomic E-state index is 0. The molecule has 0 aliphatic rings. The van der Waals surface area contributed by atoms with Crippen molar-refractivity contribution in [3.8, 4) is 33.6 Å². The van der Waals surface area contributed by atoms with E-state index in [1.165, 1.54) is 16.3 Å². The second-order valence-corrected chi connectivity index (χ2v) is 16.4. The van der Waals surface area contributed by atoms with E-state index in [1.54, 1.807) is 6.20 Å². The molecule has 0 atom stereocenters. The van der Waals surface area contributed by atoms with Crippen molar-refractivity contribution in [3.63, 3.8) is 0 Å². The Hall–Kier alpha value is -4.15. The number of hydrogen-bond donors (Lipinski definition) is 0. The smallest absolute Gasteiger partial charge is 0.121 e. The van der Waals surface area contributed by atoms with E-state index in [4.69, 9.17) is 4.42 Å². The molecule has 0 spiro atoms. The van der Waals surface area contributed by atoms with Gasteiger partial charge in [-0.25, -0.2) is 0 Å². The molecule has 0 saturated carbocycles. The Labute approximate surface area is 268 Å². The van der Waals surface area contributed by atoms with Crippen LogP contribution in [0.1, 0.15) is 5.56 Å². The molecule has 3 heterocycles. The van der Waals surface area contributed by atoms with Crippen LogP contribution in [0, 0.1) is 19.1 Å². The molecular weight excluding hydrogens is 721 g/mol. The number of rotatable bonds is 4. The Morgan fingerprint density at radius 1 is 0.674 bits per heavy atom. The predicted molar refractivity (Wildman–Crippen MR) is 177 cm³/mol. The third-order valence-electron chi connectivity index (χ3n) is 7.37. The average Bonchev–Trinajstić information content (AvgIpc) is 3.40. The molecule has 7 aromatic rings. The zero-order valence-corrected chi connectivity index (χ0v) is 28.1. The number of nitrogens with zero attached hydrogens (tertiary/aromatic N) is 2. The Kier molecular flexibility index (Phi) is 9.17. The summed E-state index contributed by atoms with van der Waals surface area (Å²) in [6.45, 7) is 9.24. The number of hydrogen-bond acceptors (Lipinski definition) is 3. The summed E-state index contributed by atoms with van der Waals surface area (Å²) in [6, 6.07) is 43.2. The zero-order valence-electron chi connectivity index (χ0n) is 24.7. The maximum atomic E-state index is 6.23. The molecule has 1 radical (unpaired) electrons. The quantitative estimate of drug-likeness (QED) is 0.133. The molecule has 0 N–H and O–H groups in total. The van der Waals surface area contributed by atoms with Crippen LogP contribution < -0.4 is 5.19 Å². The molecule has 3 aromatic heterocycles. The van der Waals surface area contributed by atoms with Crippen molar-refractivity contribution in [1.29, 1.82) is 0 Å². The standard InChI is InChI=1S/C23H14NO.C15H18NSi.Ir/c1-2-7-16(8-3-1)17-12-13-18-19-9-6-10-20(21-11-4-5-14-24-21)23(19)25-22(18)15-17;1-12-10-14(13-8-6-5-7-9-13)16-11-15(12)17(2,3)4;/h1-9,11-15H;5-8,10-11H,1-4H3;/q2*-1;. The minimum Gasteiger partial charge on any atom is -0.501 e. The van der Waals surface area contributed by atoms with Crippen LogP contribution in [0.25, 0.3) is 55.6 Å².